The maximum Gasteiger partial charge on any atom is 0.132 e. The quantitative estimate of drug-likeness (QED) is 0.232. The zero-order valence-electron chi connectivity index (χ0n) is 20.0. The molecule has 9 nitrogen and oxygen atoms in total. The smallest absolute Gasteiger partial charge is 0.132 e. The van der Waals surface area contributed by atoms with Crippen LogP contribution in [-0.2, 0) is 0 Å². The van der Waals surface area contributed by atoms with Crippen LogP contribution in [0.5, 0.6) is 0 Å². The van der Waals surface area contributed by atoms with Crippen LogP contribution in [0.3, 0.4) is 0 Å². The fourth-order valence-corrected chi connectivity index (χ4v) is 3.89. The fraction of sp³-hybridized carbons (Fsp3) is 0.400. The Kier molecular flexibility index (Phi) is 9.00. The molecule has 0 aromatic carbocycles. The van der Waals surface area contributed by atoms with Gasteiger partial charge < -0.3 is 37.5 Å². The van der Waals surface area contributed by atoms with Crippen LogP contribution in [-0.4, -0.2) is 58.5 Å². The van der Waals surface area contributed by atoms with E-state index in [0.29, 0.717) is 23.2 Å². The number of piperidine rings is 1. The van der Waals surface area contributed by atoms with Gasteiger partial charge in [-0.1, -0.05) is 13.8 Å². The van der Waals surface area contributed by atoms with Crippen LogP contribution in [0.25, 0.3) is 16.6 Å². The Morgan fingerprint density at radius 3 is 2.71 bits per heavy atom. The number of pyridine rings is 2. The van der Waals surface area contributed by atoms with Gasteiger partial charge in [0.25, 0.3) is 0 Å². The number of nitrogens with two attached hydrogens (primary N) is 2. The normalized spacial score (nSPS) is 16.8. The molecule has 1 saturated heterocycles. The highest BCUT2D eigenvalue weighted by atomic mass is 16.3. The first-order valence-electron chi connectivity index (χ1n) is 11.7. The topological polar surface area (TPSA) is 149 Å². The molecular weight excluding hydrogens is 428 g/mol. The average Bonchev–Trinajstić information content (AvgIpc) is 2.83. The van der Waals surface area contributed by atoms with Crippen molar-refractivity contribution in [3.05, 3.63) is 59.8 Å². The Balaban J connectivity index is 1.73. The predicted molar refractivity (Wildman–Crippen MR) is 139 cm³/mol. The van der Waals surface area contributed by atoms with Crippen molar-refractivity contribution >= 4 is 28.6 Å². The third-order valence-corrected chi connectivity index (χ3v) is 5.96. The van der Waals surface area contributed by atoms with Crippen LogP contribution in [0.2, 0.25) is 0 Å². The number of likely N-dealkylation sites (tertiary alicyclic amines) is 1. The Labute approximate surface area is 201 Å². The van der Waals surface area contributed by atoms with Crippen LogP contribution < -0.4 is 22.1 Å². The largest absolute Gasteiger partial charge is 0.404 e. The van der Waals surface area contributed by atoms with Gasteiger partial charge in [0.05, 0.1) is 17.6 Å². The minimum absolute atomic E-state index is 0.197. The minimum Gasteiger partial charge on any atom is -0.404 e. The van der Waals surface area contributed by atoms with Crippen LogP contribution in [0.15, 0.2) is 54.3 Å². The molecule has 2 aromatic rings. The summed E-state index contributed by atoms with van der Waals surface area (Å²) in [5, 5.41) is 23.5. The number of hydrogen-bond acceptors (Lipinski definition) is 9. The maximum atomic E-state index is 9.10. The molecule has 0 radical (unpaired) electrons. The lowest BCUT2D eigenvalue weighted by Crippen LogP contribution is -2.41. The van der Waals surface area contributed by atoms with Crippen LogP contribution in [0, 0.1) is 11.3 Å². The molecule has 0 amide bonds. The first-order chi connectivity index (χ1) is 16.4. The Bertz CT molecular complexity index is 1070. The van der Waals surface area contributed by atoms with Crippen molar-refractivity contribution < 1.29 is 5.11 Å². The summed E-state index contributed by atoms with van der Waals surface area (Å²) in [5.74, 6) is 1.32. The summed E-state index contributed by atoms with van der Waals surface area (Å²) in [4.78, 5) is 11.4. The fourth-order valence-electron chi connectivity index (χ4n) is 3.89. The third-order valence-electron chi connectivity index (χ3n) is 5.96. The number of aliphatic hydroxyl groups is 1. The Morgan fingerprint density at radius 2 is 2.06 bits per heavy atom. The molecule has 8 N–H and O–H groups in total. The zero-order valence-corrected chi connectivity index (χ0v) is 20.0. The van der Waals surface area contributed by atoms with Crippen molar-refractivity contribution in [2.45, 2.75) is 32.7 Å². The van der Waals surface area contributed by atoms with E-state index in [-0.39, 0.29) is 12.5 Å². The van der Waals surface area contributed by atoms with E-state index in [9.17, 15) is 0 Å². The van der Waals surface area contributed by atoms with Gasteiger partial charge in [-0.3, -0.25) is 4.98 Å². The average molecular weight is 465 g/mol. The monoisotopic (exact) mass is 464 g/mol. The lowest BCUT2D eigenvalue weighted by atomic mass is 10.0. The molecule has 3 rings (SSSR count). The van der Waals surface area contributed by atoms with E-state index < -0.39 is 0 Å². The molecule has 0 unspecified atom stereocenters. The number of allylic oxidation sites excluding steroid dienone is 3. The highest BCUT2D eigenvalue weighted by molar-refractivity contribution is 6.08. The second-order valence-corrected chi connectivity index (χ2v) is 8.75. The summed E-state index contributed by atoms with van der Waals surface area (Å²) in [5.41, 5.74) is 15.8. The predicted octanol–water partition coefficient (Wildman–Crippen LogP) is 2.38. The number of aliphatic hydroxyl groups excluding tert-OH is 1. The highest BCUT2D eigenvalue weighted by Crippen LogP contribution is 2.20. The Morgan fingerprint density at radius 1 is 1.29 bits per heavy atom. The molecule has 3 heterocycles. The number of anilines is 1. The molecule has 0 spiro atoms. The molecule has 34 heavy (non-hydrogen) atoms. The molecule has 1 fully saturated rings. The van der Waals surface area contributed by atoms with Crippen LogP contribution >= 0.6 is 0 Å². The number of rotatable bonds is 10. The van der Waals surface area contributed by atoms with Crippen LogP contribution in [0.1, 0.15) is 32.3 Å². The van der Waals surface area contributed by atoms with E-state index in [1.54, 1.807) is 18.5 Å². The zero-order chi connectivity index (χ0) is 24.5. The van der Waals surface area contributed by atoms with E-state index in [4.69, 9.17) is 22.0 Å². The van der Waals surface area contributed by atoms with Gasteiger partial charge in [0, 0.05) is 55.4 Å². The van der Waals surface area contributed by atoms with Crippen LogP contribution in [0.4, 0.5) is 5.82 Å². The summed E-state index contributed by atoms with van der Waals surface area (Å²) in [6, 6.07) is 5.99. The van der Waals surface area contributed by atoms with Gasteiger partial charge in [0.1, 0.15) is 11.6 Å². The van der Waals surface area contributed by atoms with Crippen molar-refractivity contribution in [1.29, 1.82) is 5.41 Å². The van der Waals surface area contributed by atoms with Gasteiger partial charge in [-0.25, -0.2) is 4.98 Å². The maximum absolute atomic E-state index is 9.10. The molecular formula is C25H36N8O. The molecule has 1 aliphatic rings. The molecule has 0 saturated carbocycles. The molecule has 0 atom stereocenters. The molecule has 1 aliphatic heterocycles. The summed E-state index contributed by atoms with van der Waals surface area (Å²) in [7, 11) is 0. The van der Waals surface area contributed by atoms with Crippen molar-refractivity contribution in [2.24, 2.45) is 17.4 Å². The number of hydrogen-bond donors (Lipinski definition) is 6. The molecule has 2 aromatic heterocycles. The van der Waals surface area contributed by atoms with Gasteiger partial charge >= 0.3 is 0 Å². The second-order valence-electron chi connectivity index (χ2n) is 8.75. The second kappa shape index (κ2) is 12.2. The summed E-state index contributed by atoms with van der Waals surface area (Å²) >= 11 is 0. The number of fused-ring (bicyclic) bond motifs is 1. The highest BCUT2D eigenvalue weighted by Gasteiger charge is 2.17. The van der Waals surface area contributed by atoms with E-state index in [2.05, 4.69) is 25.5 Å². The van der Waals surface area contributed by atoms with Gasteiger partial charge in [-0.15, -0.1) is 0 Å². The number of nitrogens with zero attached hydrogens (tertiary/aromatic N) is 3. The van der Waals surface area contributed by atoms with Gasteiger partial charge in [0.15, 0.2) is 0 Å². The van der Waals surface area contributed by atoms with Gasteiger partial charge in [0.2, 0.25) is 0 Å². The molecule has 0 aliphatic carbocycles. The number of β-amino-alcohol motifs (C(OH)–C–C–N with tert-alkyl or cyclic N) is 1. The first-order valence-corrected chi connectivity index (χ1v) is 11.7. The lowest BCUT2D eigenvalue weighted by molar-refractivity contribution is 0.160. The van der Waals surface area contributed by atoms with E-state index in [1.807, 2.05) is 38.2 Å². The standard InChI is InChI=1S/C25H36N8O/c1-17(2)18(13-26)12-24(28)32-25-4-3-22-23(31-25)11-19(15-30-22)20(14-27)16-29-21-5-7-33(8-6-21)9-10-34/h3-4,11-17,21,27,29,34H,5-10,26,28H2,1-2H3,(H,31,32)/b18-13+,20-16+,24-12+,27-14?. The van der Waals surface area contributed by atoms with Gasteiger partial charge in [-0.05, 0) is 54.8 Å². The summed E-state index contributed by atoms with van der Waals surface area (Å²) in [6.45, 7) is 6.94. The molecule has 9 heteroatoms. The third kappa shape index (κ3) is 6.79. The summed E-state index contributed by atoms with van der Waals surface area (Å²) < 4.78 is 0. The Hall–Kier alpha value is -3.43. The summed E-state index contributed by atoms with van der Waals surface area (Å²) in [6.07, 6.45) is 10.3. The van der Waals surface area contributed by atoms with E-state index in [1.165, 1.54) is 6.21 Å². The van der Waals surface area contributed by atoms with Crippen molar-refractivity contribution in [1.82, 2.24) is 20.2 Å². The van der Waals surface area contributed by atoms with Crippen molar-refractivity contribution in [2.75, 3.05) is 31.6 Å². The minimum atomic E-state index is 0.197. The van der Waals surface area contributed by atoms with Crippen molar-refractivity contribution in [3.63, 3.8) is 0 Å². The van der Waals surface area contributed by atoms with Crippen molar-refractivity contribution in [3.8, 4) is 0 Å². The molecule has 0 bridgehead atoms. The number of aromatic nitrogens is 2. The van der Waals surface area contributed by atoms with Gasteiger partial charge in [-0.2, -0.15) is 0 Å². The lowest BCUT2D eigenvalue weighted by Gasteiger charge is -2.31. The van der Waals surface area contributed by atoms with E-state index >= 15 is 0 Å². The SMILES string of the molecule is CC(C)C(=C/N)/C=C(\N)Nc1ccc2ncc(/C(C=N)=C/NC3CCN(CCO)CC3)cc2n1. The van der Waals surface area contributed by atoms with E-state index in [0.717, 1.165) is 54.7 Å². The number of nitrogens with one attached hydrogen (secondary N) is 3. The molecule has 182 valence electrons. The first kappa shape index (κ1) is 25.2.